The minimum Gasteiger partial charge on any atom is -0.394 e. The summed E-state index contributed by atoms with van der Waals surface area (Å²) in [6.07, 6.45) is 12.1. The molecule has 3 saturated heterocycles. The van der Waals surface area contributed by atoms with Crippen molar-refractivity contribution >= 4 is 11.8 Å². The molecule has 3 saturated carbocycles. The minimum atomic E-state index is -1.36. The maximum absolute atomic E-state index is 10.3. The molecule has 0 bridgehead atoms. The zero-order chi connectivity index (χ0) is 35.7. The average molecular weight is 734 g/mol. The Morgan fingerprint density at radius 2 is 1.88 bits per heavy atom. The maximum atomic E-state index is 10.3. The van der Waals surface area contributed by atoms with Crippen LogP contribution in [0.5, 0.6) is 0 Å². The third-order valence-electron chi connectivity index (χ3n) is 15.1. The van der Waals surface area contributed by atoms with Gasteiger partial charge in [0.1, 0.15) is 29.9 Å². The molecular formula is C39H63N3O8S. The van der Waals surface area contributed by atoms with Crippen molar-refractivity contribution in [3.05, 3.63) is 23.5 Å². The number of fused-ring (bicyclic) bond motifs is 7. The lowest BCUT2D eigenvalue weighted by atomic mass is 9.47. The van der Waals surface area contributed by atoms with Gasteiger partial charge in [0.2, 0.25) is 0 Å². The van der Waals surface area contributed by atoms with Crippen LogP contribution >= 0.6 is 11.8 Å². The zero-order valence-corrected chi connectivity index (χ0v) is 31.9. The molecule has 1 unspecified atom stereocenters. The molecule has 6 fully saturated rings. The second-order valence-corrected chi connectivity index (χ2v) is 19.0. The molecule has 4 aliphatic heterocycles. The molecule has 8 aliphatic rings. The minimum absolute atomic E-state index is 0.287. The first-order valence-electron chi connectivity index (χ1n) is 20.0. The number of thioether (sulfide) groups is 1. The maximum Gasteiger partial charge on any atom is 0.171 e. The van der Waals surface area contributed by atoms with Gasteiger partial charge in [0.05, 0.1) is 31.1 Å². The van der Waals surface area contributed by atoms with E-state index in [0.29, 0.717) is 41.6 Å². The molecule has 16 atom stereocenters. The Bertz CT molecular complexity index is 1330. The molecule has 6 N–H and O–H groups in total. The molecule has 8 rings (SSSR count). The van der Waals surface area contributed by atoms with Crippen LogP contribution in [-0.4, -0.2) is 105 Å². The fourth-order valence-corrected chi connectivity index (χ4v) is 13.3. The Morgan fingerprint density at radius 3 is 2.67 bits per heavy atom. The second-order valence-electron chi connectivity index (χ2n) is 18.0. The van der Waals surface area contributed by atoms with E-state index < -0.39 is 36.5 Å². The number of aliphatic hydroxyl groups is 4. The summed E-state index contributed by atoms with van der Waals surface area (Å²) < 4.78 is 25.6. The second kappa shape index (κ2) is 14.3. The van der Waals surface area contributed by atoms with E-state index in [9.17, 15) is 20.4 Å². The summed E-state index contributed by atoms with van der Waals surface area (Å²) in [6, 6.07) is 0. The topological polar surface area (TPSA) is 145 Å². The first kappa shape index (κ1) is 37.0. The van der Waals surface area contributed by atoms with Gasteiger partial charge >= 0.3 is 0 Å². The molecule has 4 heterocycles. The van der Waals surface area contributed by atoms with Gasteiger partial charge in [-0.25, -0.2) is 0 Å². The van der Waals surface area contributed by atoms with Gasteiger partial charge in [-0.1, -0.05) is 39.3 Å². The van der Waals surface area contributed by atoms with Crippen molar-refractivity contribution in [2.45, 2.75) is 140 Å². The van der Waals surface area contributed by atoms with Gasteiger partial charge in [0.25, 0.3) is 0 Å². The van der Waals surface area contributed by atoms with Crippen LogP contribution in [0.4, 0.5) is 0 Å². The van der Waals surface area contributed by atoms with Crippen molar-refractivity contribution in [2.24, 2.45) is 46.3 Å². The highest BCUT2D eigenvalue weighted by atomic mass is 32.2. The molecule has 0 aromatic carbocycles. The molecule has 0 aromatic rings. The number of allylic oxidation sites excluding steroid dienone is 1. The Hall–Kier alpha value is -0.930. The molecule has 4 aliphatic carbocycles. The number of ether oxygens (including phenoxy) is 4. The van der Waals surface area contributed by atoms with Gasteiger partial charge in [0.15, 0.2) is 5.79 Å². The third-order valence-corrected chi connectivity index (χ3v) is 16.3. The van der Waals surface area contributed by atoms with E-state index >= 15 is 0 Å². The summed E-state index contributed by atoms with van der Waals surface area (Å²) in [4.78, 5) is 0. The van der Waals surface area contributed by atoms with E-state index in [1.54, 1.807) is 5.57 Å². The van der Waals surface area contributed by atoms with Crippen molar-refractivity contribution < 1.29 is 39.4 Å². The van der Waals surface area contributed by atoms with Crippen LogP contribution in [0, 0.1) is 46.3 Å². The summed E-state index contributed by atoms with van der Waals surface area (Å²) >= 11 is 1.31. The molecule has 12 heteroatoms. The third kappa shape index (κ3) is 6.43. The van der Waals surface area contributed by atoms with Gasteiger partial charge in [0, 0.05) is 37.4 Å². The van der Waals surface area contributed by atoms with Crippen molar-refractivity contribution in [3.63, 3.8) is 0 Å². The van der Waals surface area contributed by atoms with Gasteiger partial charge in [-0.05, 0) is 98.2 Å². The van der Waals surface area contributed by atoms with Crippen LogP contribution in [0.3, 0.4) is 0 Å². The largest absolute Gasteiger partial charge is 0.394 e. The predicted octanol–water partition coefficient (Wildman–Crippen LogP) is 3.83. The zero-order valence-electron chi connectivity index (χ0n) is 31.0. The molecule has 51 heavy (non-hydrogen) atoms. The summed E-state index contributed by atoms with van der Waals surface area (Å²) in [5, 5.41) is 41.8. The van der Waals surface area contributed by atoms with Crippen molar-refractivity contribution in [2.75, 3.05) is 32.1 Å². The summed E-state index contributed by atoms with van der Waals surface area (Å²) in [6.45, 7) is 11.9. The SMILES string of the molecule is CC1CC[C@@]2(OC1)O[C@H]1C[C@H]3[C@@H]4CC=C5C[C@@H](OCCCN6C=C(CS[C@@H]7O[C@H](CO)[C@@H](O)[C@H](O)[C@H]7O)NN6)CC[C@]5(C)[C@H]4CC[C@]3(C)[C@H]1[C@@H]2C. The van der Waals surface area contributed by atoms with Crippen LogP contribution < -0.4 is 11.0 Å². The van der Waals surface area contributed by atoms with Crippen LogP contribution in [0.2, 0.25) is 0 Å². The van der Waals surface area contributed by atoms with E-state index in [1.807, 2.05) is 11.2 Å². The molecule has 0 radical (unpaired) electrons. The lowest BCUT2D eigenvalue weighted by Crippen LogP contribution is -2.57. The van der Waals surface area contributed by atoms with E-state index in [4.69, 9.17) is 18.9 Å². The highest BCUT2D eigenvalue weighted by Crippen LogP contribution is 2.70. The molecule has 11 nitrogen and oxygen atoms in total. The van der Waals surface area contributed by atoms with Crippen molar-refractivity contribution in [1.82, 2.24) is 16.0 Å². The number of nitrogens with one attached hydrogen (secondary N) is 2. The molecule has 0 aromatic heterocycles. The first-order chi connectivity index (χ1) is 24.5. The van der Waals surface area contributed by atoms with Gasteiger partial charge in [-0.15, -0.1) is 17.3 Å². The number of hydrogen-bond donors (Lipinski definition) is 6. The van der Waals surface area contributed by atoms with Crippen LogP contribution in [0.1, 0.15) is 91.9 Å². The highest BCUT2D eigenvalue weighted by molar-refractivity contribution is 8.00. The van der Waals surface area contributed by atoms with Crippen molar-refractivity contribution in [3.8, 4) is 0 Å². The van der Waals surface area contributed by atoms with E-state index in [2.05, 4.69) is 44.7 Å². The van der Waals surface area contributed by atoms with Crippen LogP contribution in [0.25, 0.3) is 0 Å². The lowest BCUT2D eigenvalue weighted by molar-refractivity contribution is -0.272. The number of hydrogen-bond acceptors (Lipinski definition) is 12. The van der Waals surface area contributed by atoms with Crippen LogP contribution in [0.15, 0.2) is 23.5 Å². The van der Waals surface area contributed by atoms with Crippen molar-refractivity contribution in [1.29, 1.82) is 0 Å². The number of hydrazine groups is 2. The summed E-state index contributed by atoms with van der Waals surface area (Å²) in [5.74, 6) is 4.16. The smallest absolute Gasteiger partial charge is 0.171 e. The number of aliphatic hydroxyl groups excluding tert-OH is 4. The quantitative estimate of drug-likeness (QED) is 0.151. The lowest BCUT2D eigenvalue weighted by Gasteiger charge is -2.58. The predicted molar refractivity (Wildman–Crippen MR) is 193 cm³/mol. The fraction of sp³-hybridized carbons (Fsp3) is 0.897. The van der Waals surface area contributed by atoms with E-state index in [-0.39, 0.29) is 17.3 Å². The van der Waals surface area contributed by atoms with Crippen LogP contribution in [-0.2, 0) is 18.9 Å². The standard InChI is InChI=1S/C39H63N3O8S/c1-22-8-13-39(48-20-22)23(2)32-30(50-39)17-29-27-7-6-24-16-26(9-11-37(24,3)28(27)10-12-38(29,32)4)47-15-5-14-42-18-25(40-41-42)21-51-36-35(46)34(45)33(44)31(19-43)49-36/h6,18,22-23,26-36,40-41,43-46H,5,7-17,19-21H2,1-4H3/t22?,23-,26-,27+,28-,29-,30-,31+,32-,33+,34-,35+,36-,37-,38-,39+/m0/s1. The number of rotatable bonds is 9. The van der Waals surface area contributed by atoms with E-state index in [0.717, 1.165) is 62.3 Å². The molecular weight excluding hydrogens is 671 g/mol. The Balaban J connectivity index is 0.801. The fourth-order valence-electron chi connectivity index (χ4n) is 12.2. The number of nitrogens with zero attached hydrogens (tertiary/aromatic N) is 1. The summed E-state index contributed by atoms with van der Waals surface area (Å²) in [7, 11) is 0. The Morgan fingerprint density at radius 1 is 1.04 bits per heavy atom. The Labute approximate surface area is 308 Å². The normalized spacial score (nSPS) is 50.6. The van der Waals surface area contributed by atoms with Gasteiger partial charge in [-0.2, -0.15) is 0 Å². The monoisotopic (exact) mass is 733 g/mol. The first-order valence-corrected chi connectivity index (χ1v) is 21.0. The average Bonchev–Trinajstić information content (AvgIpc) is 3.78. The molecule has 1 spiro atoms. The van der Waals surface area contributed by atoms with E-state index in [1.165, 1.54) is 50.3 Å². The van der Waals surface area contributed by atoms with Gasteiger partial charge < -0.3 is 44.8 Å². The Kier molecular flexibility index (Phi) is 10.4. The summed E-state index contributed by atoms with van der Waals surface area (Å²) in [5.41, 5.74) is 8.78. The highest BCUT2D eigenvalue weighted by Gasteiger charge is 2.68. The molecule has 288 valence electrons. The van der Waals surface area contributed by atoms with Gasteiger partial charge in [-0.3, -0.25) is 5.01 Å². The molecule has 0 amide bonds.